The monoisotopic (exact) mass is 401 g/mol. The Morgan fingerprint density at radius 1 is 1.19 bits per heavy atom. The summed E-state index contributed by atoms with van der Waals surface area (Å²) in [4.78, 5) is 14.7. The highest BCUT2D eigenvalue weighted by atomic mass is 35.5. The second kappa shape index (κ2) is 7.15. The first-order valence-electron chi connectivity index (χ1n) is 7.74. The Labute approximate surface area is 164 Å². The van der Waals surface area contributed by atoms with E-state index in [4.69, 9.17) is 32.7 Å². The van der Waals surface area contributed by atoms with Gasteiger partial charge in [0.15, 0.2) is 0 Å². The van der Waals surface area contributed by atoms with Crippen LogP contribution in [0.3, 0.4) is 0 Å². The summed E-state index contributed by atoms with van der Waals surface area (Å²) in [7, 11) is 0. The number of amides is 1. The topological polar surface area (TPSA) is 46.6 Å². The van der Waals surface area contributed by atoms with Crippen LogP contribution in [0.4, 0.5) is 0 Å². The number of nitrogens with zero attached hydrogens (tertiary/aromatic N) is 1. The first-order chi connectivity index (χ1) is 12.6. The first-order valence-corrected chi connectivity index (χ1v) is 9.34. The van der Waals surface area contributed by atoms with Crippen LogP contribution in [0, 0.1) is 0 Å². The number of hydrogen-bond acceptors (Lipinski definition) is 5. The standard InChI is InChI=1S/C19H12ClNO3S2/c20-13-4-1-3-12(9-13)16-7-6-14(24-16)10-17-18(22)21(19(25)26-17)11-15-5-2-8-23-15/h1-10H,11H2. The van der Waals surface area contributed by atoms with E-state index in [1.807, 2.05) is 36.4 Å². The summed E-state index contributed by atoms with van der Waals surface area (Å²) in [5.41, 5.74) is 0.877. The zero-order valence-corrected chi connectivity index (χ0v) is 15.7. The van der Waals surface area contributed by atoms with Crippen LogP contribution in [-0.4, -0.2) is 15.1 Å². The highest BCUT2D eigenvalue weighted by molar-refractivity contribution is 8.26. The normalized spacial score (nSPS) is 16.0. The molecular weight excluding hydrogens is 390 g/mol. The van der Waals surface area contributed by atoms with E-state index in [-0.39, 0.29) is 5.91 Å². The Morgan fingerprint density at radius 2 is 2.08 bits per heavy atom. The molecule has 0 bridgehead atoms. The van der Waals surface area contributed by atoms with Crippen molar-refractivity contribution in [2.45, 2.75) is 6.54 Å². The van der Waals surface area contributed by atoms with Gasteiger partial charge in [-0.1, -0.05) is 47.7 Å². The molecule has 1 aromatic carbocycles. The summed E-state index contributed by atoms with van der Waals surface area (Å²) >= 11 is 12.6. The molecule has 0 unspecified atom stereocenters. The fourth-order valence-corrected chi connectivity index (χ4v) is 3.98. The van der Waals surface area contributed by atoms with Crippen LogP contribution in [0.5, 0.6) is 0 Å². The average Bonchev–Trinajstić information content (AvgIpc) is 3.34. The summed E-state index contributed by atoms with van der Waals surface area (Å²) in [5, 5.41) is 0.638. The number of furan rings is 2. The molecule has 1 aliphatic rings. The van der Waals surface area contributed by atoms with Gasteiger partial charge in [0.25, 0.3) is 5.91 Å². The molecule has 2 aromatic heterocycles. The van der Waals surface area contributed by atoms with E-state index in [0.29, 0.717) is 38.1 Å². The molecule has 0 aliphatic carbocycles. The maximum absolute atomic E-state index is 12.6. The molecule has 1 saturated heterocycles. The van der Waals surface area contributed by atoms with Gasteiger partial charge in [0.1, 0.15) is 21.6 Å². The summed E-state index contributed by atoms with van der Waals surface area (Å²) < 4.78 is 11.6. The second-order valence-electron chi connectivity index (χ2n) is 5.56. The summed E-state index contributed by atoms with van der Waals surface area (Å²) in [6.07, 6.45) is 3.28. The lowest BCUT2D eigenvalue weighted by atomic mass is 10.2. The van der Waals surface area contributed by atoms with Gasteiger partial charge >= 0.3 is 0 Å². The van der Waals surface area contributed by atoms with Crippen molar-refractivity contribution in [2.75, 3.05) is 0 Å². The number of benzene rings is 1. The molecule has 0 atom stereocenters. The molecule has 3 aromatic rings. The van der Waals surface area contributed by atoms with E-state index in [2.05, 4.69) is 0 Å². The smallest absolute Gasteiger partial charge is 0.266 e. The molecule has 130 valence electrons. The van der Waals surface area contributed by atoms with Gasteiger partial charge in [-0.25, -0.2) is 0 Å². The lowest BCUT2D eigenvalue weighted by Crippen LogP contribution is -2.27. The molecule has 0 N–H and O–H groups in total. The number of carbonyl (C=O) groups excluding carboxylic acids is 1. The molecule has 26 heavy (non-hydrogen) atoms. The van der Waals surface area contributed by atoms with Gasteiger partial charge in [-0.2, -0.15) is 0 Å². The van der Waals surface area contributed by atoms with Crippen molar-refractivity contribution in [1.29, 1.82) is 0 Å². The number of thioether (sulfide) groups is 1. The summed E-state index contributed by atoms with van der Waals surface area (Å²) in [6.45, 7) is 0.320. The Balaban J connectivity index is 1.55. The van der Waals surface area contributed by atoms with Gasteiger partial charge in [0.2, 0.25) is 0 Å². The van der Waals surface area contributed by atoms with Gasteiger partial charge in [-0.3, -0.25) is 9.69 Å². The van der Waals surface area contributed by atoms with Crippen molar-refractivity contribution in [3.8, 4) is 11.3 Å². The van der Waals surface area contributed by atoms with Crippen molar-refractivity contribution in [1.82, 2.24) is 4.90 Å². The Morgan fingerprint density at radius 3 is 2.85 bits per heavy atom. The number of hydrogen-bond donors (Lipinski definition) is 0. The highest BCUT2D eigenvalue weighted by Crippen LogP contribution is 2.34. The summed E-state index contributed by atoms with van der Waals surface area (Å²) in [5.74, 6) is 1.80. The molecule has 0 saturated carbocycles. The van der Waals surface area contributed by atoms with Crippen molar-refractivity contribution < 1.29 is 13.6 Å². The Bertz CT molecular complexity index is 1010. The maximum Gasteiger partial charge on any atom is 0.266 e. The molecule has 1 fully saturated rings. The van der Waals surface area contributed by atoms with E-state index in [9.17, 15) is 4.79 Å². The van der Waals surface area contributed by atoms with Gasteiger partial charge in [0.05, 0.1) is 17.7 Å². The summed E-state index contributed by atoms with van der Waals surface area (Å²) in [6, 6.07) is 14.7. The van der Waals surface area contributed by atoms with E-state index in [1.54, 1.807) is 24.5 Å². The minimum atomic E-state index is -0.155. The third-order valence-electron chi connectivity index (χ3n) is 3.78. The first kappa shape index (κ1) is 17.1. The minimum Gasteiger partial charge on any atom is -0.467 e. The van der Waals surface area contributed by atoms with E-state index < -0.39 is 0 Å². The molecule has 1 aliphatic heterocycles. The zero-order chi connectivity index (χ0) is 18.1. The fourth-order valence-electron chi connectivity index (χ4n) is 2.55. The van der Waals surface area contributed by atoms with E-state index in [1.165, 1.54) is 16.7 Å². The van der Waals surface area contributed by atoms with Crippen molar-refractivity contribution in [3.05, 3.63) is 76.2 Å². The number of halogens is 1. The highest BCUT2D eigenvalue weighted by Gasteiger charge is 2.32. The third kappa shape index (κ3) is 3.49. The van der Waals surface area contributed by atoms with Gasteiger partial charge in [0, 0.05) is 16.7 Å². The number of rotatable bonds is 4. The molecule has 0 radical (unpaired) electrons. The van der Waals surface area contributed by atoms with Crippen LogP contribution in [-0.2, 0) is 11.3 Å². The van der Waals surface area contributed by atoms with Crippen molar-refractivity contribution in [3.63, 3.8) is 0 Å². The van der Waals surface area contributed by atoms with Crippen LogP contribution >= 0.6 is 35.6 Å². The zero-order valence-electron chi connectivity index (χ0n) is 13.3. The largest absolute Gasteiger partial charge is 0.467 e. The average molecular weight is 402 g/mol. The third-order valence-corrected chi connectivity index (χ3v) is 5.39. The molecule has 0 spiro atoms. The molecule has 3 heterocycles. The van der Waals surface area contributed by atoms with Crippen molar-refractivity contribution in [2.24, 2.45) is 0 Å². The number of thiocarbonyl (C=S) groups is 1. The van der Waals surface area contributed by atoms with E-state index in [0.717, 1.165) is 5.56 Å². The minimum absolute atomic E-state index is 0.155. The second-order valence-corrected chi connectivity index (χ2v) is 7.67. The van der Waals surface area contributed by atoms with Crippen LogP contribution in [0.1, 0.15) is 11.5 Å². The maximum atomic E-state index is 12.6. The Kier molecular flexibility index (Phi) is 4.72. The van der Waals surface area contributed by atoms with Crippen molar-refractivity contribution >= 4 is 51.9 Å². The molecule has 4 nitrogen and oxygen atoms in total. The molecule has 4 rings (SSSR count). The van der Waals surface area contributed by atoms with Crippen LogP contribution in [0.25, 0.3) is 17.4 Å². The lowest BCUT2D eigenvalue weighted by molar-refractivity contribution is -0.122. The molecular formula is C19H12ClNO3S2. The predicted molar refractivity (Wildman–Crippen MR) is 107 cm³/mol. The predicted octanol–water partition coefficient (Wildman–Crippen LogP) is 5.59. The van der Waals surface area contributed by atoms with Gasteiger partial charge in [-0.05, 0) is 36.4 Å². The van der Waals surface area contributed by atoms with Crippen LogP contribution in [0.2, 0.25) is 5.02 Å². The molecule has 1 amide bonds. The quantitative estimate of drug-likeness (QED) is 0.421. The Hall–Kier alpha value is -2.28. The molecule has 7 heteroatoms. The SMILES string of the molecule is O=C1C(=Cc2ccc(-c3cccc(Cl)c3)o2)SC(=S)N1Cc1ccco1. The van der Waals surface area contributed by atoms with Crippen LogP contribution in [0.15, 0.2) is 68.5 Å². The fraction of sp³-hybridized carbons (Fsp3) is 0.0526. The van der Waals surface area contributed by atoms with E-state index >= 15 is 0 Å². The van der Waals surface area contributed by atoms with Crippen LogP contribution < -0.4 is 0 Å². The van der Waals surface area contributed by atoms with Gasteiger partial charge < -0.3 is 8.83 Å². The van der Waals surface area contributed by atoms with Gasteiger partial charge in [-0.15, -0.1) is 0 Å². The number of carbonyl (C=O) groups is 1. The lowest BCUT2D eigenvalue weighted by Gasteiger charge is -2.11.